The molecule has 2 unspecified atom stereocenters. The van der Waals surface area contributed by atoms with Crippen molar-refractivity contribution in [2.75, 3.05) is 6.54 Å². The molecular weight excluding hydrogens is 482 g/mol. The molecule has 2 atom stereocenters. The lowest BCUT2D eigenvalue weighted by atomic mass is 9.99. The van der Waals surface area contributed by atoms with E-state index < -0.39 is 0 Å². The molecule has 0 spiro atoms. The highest BCUT2D eigenvalue weighted by Crippen LogP contribution is 2.25. The van der Waals surface area contributed by atoms with Crippen LogP contribution in [0.3, 0.4) is 0 Å². The molecule has 5 rings (SSSR count). The summed E-state index contributed by atoms with van der Waals surface area (Å²) in [7, 11) is 3.14. The van der Waals surface area contributed by atoms with Gasteiger partial charge in [-0.3, -0.25) is 18.7 Å². The van der Waals surface area contributed by atoms with E-state index in [2.05, 4.69) is 4.98 Å². The van der Waals surface area contributed by atoms with E-state index in [1.807, 2.05) is 34.9 Å². The summed E-state index contributed by atoms with van der Waals surface area (Å²) in [4.78, 5) is 43.1. The predicted molar refractivity (Wildman–Crippen MR) is 131 cm³/mol. The first-order valence-electron chi connectivity index (χ1n) is 12.6. The third-order valence-electron chi connectivity index (χ3n) is 7.85. The van der Waals surface area contributed by atoms with Gasteiger partial charge in [-0.25, -0.2) is 9.78 Å². The monoisotopic (exact) mass is 515 g/mol. The minimum Gasteiger partial charge on any atom is -1.00 e. The molecule has 0 saturated carbocycles. The summed E-state index contributed by atoms with van der Waals surface area (Å²) in [5.74, 6) is -0.0929. The maximum absolute atomic E-state index is 12.7. The number of piperidine rings is 1. The summed E-state index contributed by atoms with van der Waals surface area (Å²) in [6.45, 7) is 1.69. The fourth-order valence-electron chi connectivity index (χ4n) is 6.04. The van der Waals surface area contributed by atoms with E-state index in [0.717, 1.165) is 42.4 Å². The molecule has 1 N–H and O–H groups in total. The molecule has 10 heteroatoms. The Morgan fingerprint density at radius 2 is 1.78 bits per heavy atom. The van der Waals surface area contributed by atoms with Gasteiger partial charge in [0.2, 0.25) is 0 Å². The van der Waals surface area contributed by atoms with Gasteiger partial charge >= 0.3 is 11.7 Å². The molecule has 4 heterocycles. The molecule has 0 amide bonds. The van der Waals surface area contributed by atoms with Crippen LogP contribution in [0, 0.1) is 0 Å². The highest BCUT2D eigenvalue weighted by atomic mass is 35.5. The molecule has 2 saturated heterocycles. The van der Waals surface area contributed by atoms with Crippen LogP contribution in [0.15, 0.2) is 46.2 Å². The number of rotatable bonds is 8. The van der Waals surface area contributed by atoms with Crippen molar-refractivity contribution in [3.05, 3.63) is 63.1 Å². The van der Waals surface area contributed by atoms with Crippen molar-refractivity contribution in [1.29, 1.82) is 0 Å². The van der Waals surface area contributed by atoms with Gasteiger partial charge in [-0.2, -0.15) is 0 Å². The van der Waals surface area contributed by atoms with Crippen LogP contribution in [0.4, 0.5) is 0 Å². The smallest absolute Gasteiger partial charge is 0.332 e. The number of ether oxygens (including phenoxy) is 1. The lowest BCUT2D eigenvalue weighted by Crippen LogP contribution is -3.18. The Morgan fingerprint density at radius 1 is 1.08 bits per heavy atom. The molecule has 3 aromatic rings. The highest BCUT2D eigenvalue weighted by Gasteiger charge is 2.45. The van der Waals surface area contributed by atoms with Crippen molar-refractivity contribution >= 4 is 17.1 Å². The number of esters is 1. The number of imidazole rings is 1. The van der Waals surface area contributed by atoms with Crippen LogP contribution in [0.5, 0.6) is 0 Å². The van der Waals surface area contributed by atoms with Crippen LogP contribution in [-0.2, 0) is 36.6 Å². The van der Waals surface area contributed by atoms with Gasteiger partial charge in [-0.05, 0) is 12.0 Å². The lowest BCUT2D eigenvalue weighted by molar-refractivity contribution is -0.942. The summed E-state index contributed by atoms with van der Waals surface area (Å²) in [6.07, 6.45) is 7.97. The maximum Gasteiger partial charge on any atom is 0.332 e. The standard InChI is InChI=1S/C26H33N5O4.ClH/c1-28-24-23(25(33)29(2)26(28)34)30(17-27-24)13-6-14-31-19-10-11-20(31)16-21(15-19)35-22(32)12-9-18-7-4-3-5-8-18;/h3-5,7-8,17,19-21H,6,9-16H2,1-2H3;1H. The summed E-state index contributed by atoms with van der Waals surface area (Å²) >= 11 is 0. The molecule has 2 aliphatic rings. The van der Waals surface area contributed by atoms with Crippen molar-refractivity contribution in [3.63, 3.8) is 0 Å². The topological polar surface area (TPSA) is 92.6 Å². The van der Waals surface area contributed by atoms with E-state index in [9.17, 15) is 14.4 Å². The van der Waals surface area contributed by atoms with Gasteiger partial charge in [0, 0.05) is 59.2 Å². The Hall–Kier alpha value is -2.91. The second-order valence-corrected chi connectivity index (χ2v) is 10.0. The van der Waals surface area contributed by atoms with Gasteiger partial charge in [0.25, 0.3) is 5.56 Å². The molecule has 2 fully saturated rings. The van der Waals surface area contributed by atoms with Gasteiger partial charge < -0.3 is 26.6 Å². The maximum atomic E-state index is 12.7. The molecule has 2 aliphatic heterocycles. The number of hydrogen-bond acceptors (Lipinski definition) is 5. The van der Waals surface area contributed by atoms with Crippen molar-refractivity contribution in [2.45, 2.75) is 69.7 Å². The molecule has 2 bridgehead atoms. The first-order valence-corrected chi connectivity index (χ1v) is 12.6. The zero-order valence-electron chi connectivity index (χ0n) is 20.9. The van der Waals surface area contributed by atoms with Crippen LogP contribution in [0.1, 0.15) is 44.1 Å². The first kappa shape index (κ1) is 26.2. The third-order valence-corrected chi connectivity index (χ3v) is 7.85. The van der Waals surface area contributed by atoms with Crippen molar-refractivity contribution in [3.8, 4) is 0 Å². The van der Waals surface area contributed by atoms with Crippen molar-refractivity contribution in [1.82, 2.24) is 18.7 Å². The fourth-order valence-corrected chi connectivity index (χ4v) is 6.04. The Labute approximate surface area is 216 Å². The average Bonchev–Trinajstić information content (AvgIpc) is 3.38. The fraction of sp³-hybridized carbons (Fsp3) is 0.538. The van der Waals surface area contributed by atoms with Gasteiger partial charge in [-0.15, -0.1) is 0 Å². The van der Waals surface area contributed by atoms with E-state index in [1.165, 1.54) is 24.5 Å². The molecule has 2 aromatic heterocycles. The number of nitrogens with one attached hydrogen (secondary N) is 1. The quantitative estimate of drug-likeness (QED) is 0.337. The van der Waals surface area contributed by atoms with Crippen LogP contribution >= 0.6 is 0 Å². The molecule has 1 aromatic carbocycles. The molecule has 9 nitrogen and oxygen atoms in total. The Balaban J connectivity index is 0.00000304. The van der Waals surface area contributed by atoms with Crippen LogP contribution < -0.4 is 28.6 Å². The van der Waals surface area contributed by atoms with E-state index in [4.69, 9.17) is 4.74 Å². The molecule has 194 valence electrons. The normalized spacial score (nSPS) is 22.9. The molecule has 0 radical (unpaired) electrons. The van der Waals surface area contributed by atoms with E-state index >= 15 is 0 Å². The number of quaternary nitrogens is 1. The molecule has 0 aliphatic carbocycles. The largest absolute Gasteiger partial charge is 1.00 e. The highest BCUT2D eigenvalue weighted by molar-refractivity contribution is 5.70. The number of carbonyl (C=O) groups is 1. The summed E-state index contributed by atoms with van der Waals surface area (Å²) < 4.78 is 10.3. The lowest BCUT2D eigenvalue weighted by Gasteiger charge is -2.35. The van der Waals surface area contributed by atoms with Crippen LogP contribution in [0.2, 0.25) is 0 Å². The Bertz CT molecular complexity index is 1320. The van der Waals surface area contributed by atoms with Crippen molar-refractivity contribution in [2.24, 2.45) is 14.1 Å². The van der Waals surface area contributed by atoms with E-state index in [-0.39, 0.29) is 35.7 Å². The SMILES string of the molecule is Cn1c(=O)c2c(ncn2CCC[NH+]2C3CCC2CC(OC(=O)CCc2ccccc2)C3)n(C)c1=O.[Cl-]. The van der Waals surface area contributed by atoms with Crippen molar-refractivity contribution < 1.29 is 26.8 Å². The number of nitrogens with zero attached hydrogens (tertiary/aromatic N) is 4. The number of benzene rings is 1. The van der Waals surface area contributed by atoms with E-state index in [1.54, 1.807) is 18.3 Å². The minimum atomic E-state index is -0.364. The second kappa shape index (κ2) is 11.0. The molecule has 36 heavy (non-hydrogen) atoms. The van der Waals surface area contributed by atoms with Gasteiger partial charge in [0.15, 0.2) is 11.2 Å². The number of hydrogen-bond donors (Lipinski definition) is 1. The summed E-state index contributed by atoms with van der Waals surface area (Å²) in [5.41, 5.74) is 1.41. The van der Waals surface area contributed by atoms with Crippen LogP contribution in [-0.4, -0.2) is 49.4 Å². The second-order valence-electron chi connectivity index (χ2n) is 10.0. The van der Waals surface area contributed by atoms with E-state index in [0.29, 0.717) is 36.2 Å². The number of halogens is 1. The predicted octanol–water partition coefficient (Wildman–Crippen LogP) is -2.42. The Kier molecular flexibility index (Phi) is 8.00. The Morgan fingerprint density at radius 3 is 2.47 bits per heavy atom. The zero-order valence-corrected chi connectivity index (χ0v) is 21.6. The minimum absolute atomic E-state index is 0. The molecular formula is C26H34ClN5O4. The number of fused-ring (bicyclic) bond motifs is 3. The number of aromatic nitrogens is 4. The number of carbonyl (C=O) groups excluding carboxylic acids is 1. The zero-order chi connectivity index (χ0) is 24.5. The van der Waals surface area contributed by atoms with Crippen LogP contribution in [0.25, 0.3) is 11.2 Å². The number of aryl methyl sites for hydroxylation is 3. The first-order chi connectivity index (χ1) is 16.9. The third kappa shape index (κ3) is 5.13. The average molecular weight is 516 g/mol. The summed E-state index contributed by atoms with van der Waals surface area (Å²) in [5, 5.41) is 0. The summed E-state index contributed by atoms with van der Waals surface area (Å²) in [6, 6.07) is 11.1. The van der Waals surface area contributed by atoms with Gasteiger partial charge in [0.05, 0.1) is 25.0 Å². The van der Waals surface area contributed by atoms with Gasteiger partial charge in [0.1, 0.15) is 6.10 Å². The van der Waals surface area contributed by atoms with Gasteiger partial charge in [-0.1, -0.05) is 30.3 Å².